The summed E-state index contributed by atoms with van der Waals surface area (Å²) in [7, 11) is -0.395. The monoisotopic (exact) mass is 445 g/mol. The largest absolute Gasteiger partial charge is 0.494 e. The van der Waals surface area contributed by atoms with Crippen LogP contribution >= 0.6 is 11.8 Å². The van der Waals surface area contributed by atoms with Crippen LogP contribution in [-0.2, 0) is 9.31 Å². The molecule has 8 heteroatoms. The highest BCUT2D eigenvalue weighted by molar-refractivity contribution is 7.98. The van der Waals surface area contributed by atoms with Gasteiger partial charge in [0.2, 0.25) is 0 Å². The Hall–Kier alpha value is -2.86. The highest BCUT2D eigenvalue weighted by Crippen LogP contribution is 2.36. The van der Waals surface area contributed by atoms with Crippen molar-refractivity contribution in [3.05, 3.63) is 64.4 Å². The molecule has 1 aliphatic rings. The summed E-state index contributed by atoms with van der Waals surface area (Å²) >= 11 is 1.33. The SMILES string of the molecule is CSc1nc(-c2ccc(-c3ccc(B4OC(C)(C)C(C)(C)O4)cc3)cc2)c(C#N)c(=O)[nH]1. The van der Waals surface area contributed by atoms with E-state index in [1.54, 1.807) is 0 Å². The van der Waals surface area contributed by atoms with E-state index in [-0.39, 0.29) is 16.8 Å². The molecule has 1 aliphatic heterocycles. The van der Waals surface area contributed by atoms with Crippen LogP contribution in [0.1, 0.15) is 33.3 Å². The molecule has 162 valence electrons. The van der Waals surface area contributed by atoms with Crippen LogP contribution in [0.5, 0.6) is 0 Å². The number of rotatable bonds is 4. The molecule has 0 aliphatic carbocycles. The van der Waals surface area contributed by atoms with E-state index < -0.39 is 12.7 Å². The average Bonchev–Trinajstić information content (AvgIpc) is 3.00. The van der Waals surface area contributed by atoms with Gasteiger partial charge < -0.3 is 14.3 Å². The van der Waals surface area contributed by atoms with E-state index in [1.165, 1.54) is 11.8 Å². The van der Waals surface area contributed by atoms with Crippen molar-refractivity contribution in [1.29, 1.82) is 5.26 Å². The molecule has 0 unspecified atom stereocenters. The Morgan fingerprint density at radius 1 is 0.938 bits per heavy atom. The van der Waals surface area contributed by atoms with E-state index in [0.717, 1.165) is 22.2 Å². The highest BCUT2D eigenvalue weighted by atomic mass is 32.2. The smallest absolute Gasteiger partial charge is 0.399 e. The van der Waals surface area contributed by atoms with E-state index >= 15 is 0 Å². The zero-order valence-electron chi connectivity index (χ0n) is 18.7. The van der Waals surface area contributed by atoms with Gasteiger partial charge in [-0.25, -0.2) is 4.98 Å². The van der Waals surface area contributed by atoms with Crippen LogP contribution in [0.2, 0.25) is 0 Å². The molecule has 1 saturated heterocycles. The summed E-state index contributed by atoms with van der Waals surface area (Å²) in [4.78, 5) is 19.2. The van der Waals surface area contributed by atoms with Gasteiger partial charge in [0.1, 0.15) is 11.6 Å². The van der Waals surface area contributed by atoms with Gasteiger partial charge in [0.15, 0.2) is 5.16 Å². The summed E-state index contributed by atoms with van der Waals surface area (Å²) in [5.74, 6) is 0. The number of H-pyrrole nitrogens is 1. The van der Waals surface area contributed by atoms with Gasteiger partial charge in [-0.3, -0.25) is 4.79 Å². The zero-order valence-corrected chi connectivity index (χ0v) is 19.5. The molecule has 0 spiro atoms. The maximum atomic E-state index is 12.2. The summed E-state index contributed by atoms with van der Waals surface area (Å²) in [6, 6.07) is 17.7. The second-order valence-corrected chi connectivity index (χ2v) is 9.49. The van der Waals surface area contributed by atoms with E-state index in [0.29, 0.717) is 10.9 Å². The minimum Gasteiger partial charge on any atom is -0.399 e. The van der Waals surface area contributed by atoms with Gasteiger partial charge in [0.05, 0.1) is 16.9 Å². The van der Waals surface area contributed by atoms with Crippen LogP contribution in [0, 0.1) is 11.3 Å². The summed E-state index contributed by atoms with van der Waals surface area (Å²) in [5.41, 5.74) is 2.98. The molecule has 1 fully saturated rings. The number of nitriles is 1. The molecule has 0 radical (unpaired) electrons. The van der Waals surface area contributed by atoms with Crippen molar-refractivity contribution in [2.75, 3.05) is 6.26 Å². The Morgan fingerprint density at radius 3 is 1.94 bits per heavy atom. The first kappa shape index (κ1) is 22.3. The lowest BCUT2D eigenvalue weighted by atomic mass is 9.78. The van der Waals surface area contributed by atoms with Crippen molar-refractivity contribution in [1.82, 2.24) is 9.97 Å². The van der Waals surface area contributed by atoms with E-state index in [2.05, 4.69) is 9.97 Å². The van der Waals surface area contributed by atoms with Crippen LogP contribution in [0.4, 0.5) is 0 Å². The maximum absolute atomic E-state index is 12.2. The van der Waals surface area contributed by atoms with Gasteiger partial charge in [-0.1, -0.05) is 60.3 Å². The highest BCUT2D eigenvalue weighted by Gasteiger charge is 2.51. The second-order valence-electron chi connectivity index (χ2n) is 8.70. The fourth-order valence-electron chi connectivity index (χ4n) is 3.49. The van der Waals surface area contributed by atoms with Crippen molar-refractivity contribution in [3.63, 3.8) is 0 Å². The van der Waals surface area contributed by atoms with Crippen LogP contribution in [0.15, 0.2) is 58.5 Å². The summed E-state index contributed by atoms with van der Waals surface area (Å²) < 4.78 is 12.3. The maximum Gasteiger partial charge on any atom is 0.494 e. The van der Waals surface area contributed by atoms with Gasteiger partial charge >= 0.3 is 7.12 Å². The summed E-state index contributed by atoms with van der Waals surface area (Å²) in [5, 5.41) is 9.88. The Bertz CT molecular complexity index is 1230. The number of aromatic nitrogens is 2. The third-order valence-electron chi connectivity index (χ3n) is 6.13. The Labute approximate surface area is 192 Å². The quantitative estimate of drug-likeness (QED) is 0.371. The third-order valence-corrected chi connectivity index (χ3v) is 6.71. The molecule has 0 atom stereocenters. The first-order chi connectivity index (χ1) is 15.1. The number of nitrogens with zero attached hydrogens (tertiary/aromatic N) is 2. The van der Waals surface area contributed by atoms with Crippen molar-refractivity contribution < 1.29 is 9.31 Å². The lowest BCUT2D eigenvalue weighted by molar-refractivity contribution is 0.00578. The van der Waals surface area contributed by atoms with E-state index in [9.17, 15) is 10.1 Å². The van der Waals surface area contributed by atoms with Gasteiger partial charge in [-0.15, -0.1) is 0 Å². The molecule has 2 heterocycles. The van der Waals surface area contributed by atoms with Gasteiger partial charge in [0, 0.05) is 5.56 Å². The number of hydrogen-bond donors (Lipinski definition) is 1. The number of aromatic amines is 1. The Morgan fingerprint density at radius 2 is 1.44 bits per heavy atom. The van der Waals surface area contributed by atoms with E-state index in [4.69, 9.17) is 9.31 Å². The fraction of sp³-hybridized carbons (Fsp3) is 0.292. The minimum absolute atomic E-state index is 0.0160. The number of thioether (sulfide) groups is 1. The molecule has 0 saturated carbocycles. The number of benzene rings is 2. The van der Waals surface area contributed by atoms with Crippen molar-refractivity contribution >= 4 is 24.3 Å². The molecule has 3 aromatic rings. The fourth-order valence-corrected chi connectivity index (χ4v) is 3.87. The summed E-state index contributed by atoms with van der Waals surface area (Å²) in [6.45, 7) is 8.16. The summed E-state index contributed by atoms with van der Waals surface area (Å²) in [6.07, 6.45) is 1.82. The molecular weight excluding hydrogens is 421 g/mol. The predicted octanol–water partition coefficient (Wildman–Crippen LogP) is 4.00. The van der Waals surface area contributed by atoms with Crippen LogP contribution < -0.4 is 11.0 Å². The first-order valence-corrected chi connectivity index (χ1v) is 11.5. The van der Waals surface area contributed by atoms with Gasteiger partial charge in [-0.05, 0) is 50.5 Å². The molecule has 0 amide bonds. The van der Waals surface area contributed by atoms with Crippen LogP contribution in [0.25, 0.3) is 22.4 Å². The van der Waals surface area contributed by atoms with E-state index in [1.807, 2.05) is 88.6 Å². The molecule has 6 nitrogen and oxygen atoms in total. The average molecular weight is 445 g/mol. The molecular formula is C24H24BN3O3S. The second kappa shape index (κ2) is 8.25. The Balaban J connectivity index is 1.59. The predicted molar refractivity (Wildman–Crippen MR) is 128 cm³/mol. The number of nitrogens with one attached hydrogen (secondary N) is 1. The van der Waals surface area contributed by atoms with Crippen molar-refractivity contribution in [2.24, 2.45) is 0 Å². The van der Waals surface area contributed by atoms with Crippen LogP contribution in [-0.4, -0.2) is 34.5 Å². The van der Waals surface area contributed by atoms with Gasteiger partial charge in [0.25, 0.3) is 5.56 Å². The lowest BCUT2D eigenvalue weighted by Crippen LogP contribution is -2.41. The molecule has 4 rings (SSSR count). The molecule has 1 aromatic heterocycles. The minimum atomic E-state index is -0.427. The molecule has 0 bridgehead atoms. The Kier molecular flexibility index (Phi) is 5.76. The number of hydrogen-bond acceptors (Lipinski definition) is 6. The molecule has 2 aromatic carbocycles. The van der Waals surface area contributed by atoms with Crippen LogP contribution in [0.3, 0.4) is 0 Å². The topological polar surface area (TPSA) is 88.0 Å². The normalized spacial score (nSPS) is 16.7. The standard InChI is InChI=1S/C24H24BN3O3S/c1-23(2)24(3,4)31-25(30-23)18-12-10-16(11-13-18)15-6-8-17(9-7-15)20-19(14-26)21(29)28-22(27-20)32-5/h6-13H,1-5H3,(H,27,28,29). The molecule has 32 heavy (non-hydrogen) atoms. The first-order valence-electron chi connectivity index (χ1n) is 10.3. The van der Waals surface area contributed by atoms with Crippen molar-refractivity contribution in [2.45, 2.75) is 44.1 Å². The lowest BCUT2D eigenvalue weighted by Gasteiger charge is -2.32. The van der Waals surface area contributed by atoms with Gasteiger partial charge in [-0.2, -0.15) is 5.26 Å². The molecule has 1 N–H and O–H groups in total. The third kappa shape index (κ3) is 4.00. The zero-order chi connectivity index (χ0) is 23.1. The van der Waals surface area contributed by atoms with Crippen molar-refractivity contribution in [3.8, 4) is 28.5 Å².